The van der Waals surface area contributed by atoms with E-state index in [9.17, 15) is 4.79 Å². The first-order valence-corrected chi connectivity index (χ1v) is 6.01. The number of aryl methyl sites for hydroxylation is 2. The molecule has 1 aromatic heterocycles. The summed E-state index contributed by atoms with van der Waals surface area (Å²) in [6.07, 6.45) is 0. The van der Waals surface area contributed by atoms with E-state index in [-0.39, 0.29) is 22.9 Å². The highest BCUT2D eigenvalue weighted by molar-refractivity contribution is 6.32. The van der Waals surface area contributed by atoms with Crippen LogP contribution in [0.2, 0.25) is 5.02 Å². The fraction of sp³-hybridized carbons (Fsp3) is 0.231. The molecule has 0 bridgehead atoms. The monoisotopic (exact) mass is 280 g/mol. The minimum Gasteiger partial charge on any atom is -0.485 e. The van der Waals surface area contributed by atoms with Crippen molar-refractivity contribution in [2.24, 2.45) is 7.05 Å². The van der Waals surface area contributed by atoms with Crippen LogP contribution in [-0.4, -0.2) is 20.9 Å². The number of ether oxygens (including phenoxy) is 1. The molecule has 0 aliphatic heterocycles. The van der Waals surface area contributed by atoms with Crippen molar-refractivity contribution in [2.45, 2.75) is 13.5 Å². The van der Waals surface area contributed by atoms with E-state index in [0.717, 1.165) is 11.4 Å². The largest absolute Gasteiger partial charge is 0.485 e. The van der Waals surface area contributed by atoms with E-state index in [1.54, 1.807) is 23.9 Å². The number of halogens is 1. The van der Waals surface area contributed by atoms with Crippen molar-refractivity contribution in [3.8, 4) is 5.75 Å². The van der Waals surface area contributed by atoms with Gasteiger partial charge in [0.2, 0.25) is 0 Å². The molecular weight excluding hydrogens is 268 g/mol. The average molecular weight is 281 g/mol. The quantitative estimate of drug-likeness (QED) is 0.935. The maximum Gasteiger partial charge on any atom is 0.339 e. The van der Waals surface area contributed by atoms with Gasteiger partial charge in [-0.15, -0.1) is 0 Å². The topological polar surface area (TPSA) is 64.3 Å². The summed E-state index contributed by atoms with van der Waals surface area (Å²) in [5, 5.41) is 13.6. The lowest BCUT2D eigenvalue weighted by atomic mass is 10.2. The number of carboxylic acid groups (broad SMARTS) is 1. The van der Waals surface area contributed by atoms with Crippen molar-refractivity contribution in [2.75, 3.05) is 0 Å². The first-order valence-electron chi connectivity index (χ1n) is 5.63. The molecule has 5 nitrogen and oxygen atoms in total. The number of hydrogen-bond donors (Lipinski definition) is 1. The van der Waals surface area contributed by atoms with E-state index in [1.165, 1.54) is 6.07 Å². The Labute approximate surface area is 115 Å². The van der Waals surface area contributed by atoms with Gasteiger partial charge in [0.25, 0.3) is 0 Å². The molecule has 19 heavy (non-hydrogen) atoms. The molecule has 1 aromatic carbocycles. The lowest BCUT2D eigenvalue weighted by Crippen LogP contribution is -2.07. The number of carbonyl (C=O) groups is 1. The van der Waals surface area contributed by atoms with Crippen LogP contribution >= 0.6 is 11.6 Å². The second-order valence-electron chi connectivity index (χ2n) is 4.11. The molecular formula is C13H13ClN2O3. The minimum atomic E-state index is -1.07. The molecule has 0 saturated carbocycles. The normalized spacial score (nSPS) is 10.5. The summed E-state index contributed by atoms with van der Waals surface area (Å²) in [5.74, 6) is -0.894. The molecule has 1 N–H and O–H groups in total. The Bertz CT molecular complexity index is 622. The van der Waals surface area contributed by atoms with Crippen LogP contribution in [-0.2, 0) is 13.7 Å². The van der Waals surface area contributed by atoms with Crippen LogP contribution in [0.25, 0.3) is 0 Å². The van der Waals surface area contributed by atoms with Gasteiger partial charge in [-0.05, 0) is 25.1 Å². The maximum absolute atomic E-state index is 11.1. The number of aromatic carboxylic acids is 1. The number of benzene rings is 1. The third kappa shape index (κ3) is 2.88. The van der Waals surface area contributed by atoms with Gasteiger partial charge in [-0.1, -0.05) is 17.7 Å². The summed E-state index contributed by atoms with van der Waals surface area (Å²) in [7, 11) is 1.80. The van der Waals surface area contributed by atoms with Gasteiger partial charge in [0, 0.05) is 7.05 Å². The van der Waals surface area contributed by atoms with Crippen LogP contribution < -0.4 is 4.74 Å². The number of para-hydroxylation sites is 1. The molecule has 100 valence electrons. The number of hydrogen-bond acceptors (Lipinski definition) is 3. The predicted octanol–water partition coefficient (Wildman–Crippen LogP) is 2.66. The molecule has 0 fully saturated rings. The maximum atomic E-state index is 11.1. The van der Waals surface area contributed by atoms with Gasteiger partial charge < -0.3 is 9.84 Å². The minimum absolute atomic E-state index is 0.0476. The smallest absolute Gasteiger partial charge is 0.339 e. The Morgan fingerprint density at radius 2 is 2.26 bits per heavy atom. The average Bonchev–Trinajstić information content (AvgIpc) is 2.66. The Balaban J connectivity index is 2.24. The lowest BCUT2D eigenvalue weighted by Gasteiger charge is -2.10. The summed E-state index contributed by atoms with van der Waals surface area (Å²) in [6, 6.07) is 6.50. The standard InChI is InChI=1S/C13H13ClN2O3/c1-8-6-9(16(2)15-8)7-19-12-10(13(17)18)4-3-5-11(12)14/h3-6H,7H2,1-2H3,(H,17,18). The Morgan fingerprint density at radius 3 is 2.84 bits per heavy atom. The summed E-state index contributed by atoms with van der Waals surface area (Å²) < 4.78 is 7.22. The van der Waals surface area contributed by atoms with Crippen LogP contribution in [0.1, 0.15) is 21.7 Å². The number of aromatic nitrogens is 2. The van der Waals surface area contributed by atoms with Crippen LogP contribution in [0.3, 0.4) is 0 Å². The number of rotatable bonds is 4. The SMILES string of the molecule is Cc1cc(COc2c(Cl)cccc2C(=O)O)n(C)n1. The number of nitrogens with zero attached hydrogens (tertiary/aromatic N) is 2. The zero-order valence-electron chi connectivity index (χ0n) is 10.6. The van der Waals surface area contributed by atoms with Gasteiger partial charge in [-0.3, -0.25) is 4.68 Å². The summed E-state index contributed by atoms with van der Waals surface area (Å²) >= 11 is 5.97. The summed E-state index contributed by atoms with van der Waals surface area (Å²) in [6.45, 7) is 2.09. The van der Waals surface area contributed by atoms with Crippen molar-refractivity contribution in [1.82, 2.24) is 9.78 Å². The summed E-state index contributed by atoms with van der Waals surface area (Å²) in [4.78, 5) is 11.1. The molecule has 0 aliphatic rings. The van der Waals surface area contributed by atoms with Gasteiger partial charge in [0.05, 0.1) is 16.4 Å². The zero-order valence-corrected chi connectivity index (χ0v) is 11.3. The molecule has 0 aliphatic carbocycles. The van der Waals surface area contributed by atoms with Gasteiger partial charge in [0.1, 0.15) is 12.2 Å². The molecule has 2 rings (SSSR count). The van der Waals surface area contributed by atoms with Gasteiger partial charge in [-0.25, -0.2) is 4.79 Å². The highest BCUT2D eigenvalue weighted by Gasteiger charge is 2.15. The third-order valence-corrected chi connectivity index (χ3v) is 2.96. The molecule has 0 unspecified atom stereocenters. The highest BCUT2D eigenvalue weighted by atomic mass is 35.5. The third-order valence-electron chi connectivity index (χ3n) is 2.66. The number of carboxylic acids is 1. The lowest BCUT2D eigenvalue weighted by molar-refractivity contribution is 0.0691. The van der Waals surface area contributed by atoms with Crippen molar-refractivity contribution in [3.63, 3.8) is 0 Å². The molecule has 0 spiro atoms. The van der Waals surface area contributed by atoms with E-state index in [1.807, 2.05) is 13.0 Å². The second kappa shape index (κ2) is 5.32. The van der Waals surface area contributed by atoms with Crippen LogP contribution in [0.15, 0.2) is 24.3 Å². The van der Waals surface area contributed by atoms with E-state index >= 15 is 0 Å². The predicted molar refractivity (Wildman–Crippen MR) is 70.7 cm³/mol. The Kier molecular flexibility index (Phi) is 3.76. The highest BCUT2D eigenvalue weighted by Crippen LogP contribution is 2.29. The fourth-order valence-corrected chi connectivity index (χ4v) is 2.00. The van der Waals surface area contributed by atoms with E-state index in [4.69, 9.17) is 21.4 Å². The molecule has 0 amide bonds. The van der Waals surface area contributed by atoms with Crippen molar-refractivity contribution in [3.05, 3.63) is 46.2 Å². The first kappa shape index (κ1) is 13.4. The van der Waals surface area contributed by atoms with Crippen LogP contribution in [0.4, 0.5) is 0 Å². The molecule has 0 saturated heterocycles. The molecule has 1 heterocycles. The van der Waals surface area contributed by atoms with E-state index in [0.29, 0.717) is 0 Å². The van der Waals surface area contributed by atoms with Gasteiger partial charge in [-0.2, -0.15) is 5.10 Å². The van der Waals surface area contributed by atoms with Crippen molar-refractivity contribution < 1.29 is 14.6 Å². The molecule has 2 aromatic rings. The second-order valence-corrected chi connectivity index (χ2v) is 4.52. The van der Waals surface area contributed by atoms with Crippen LogP contribution in [0, 0.1) is 6.92 Å². The van der Waals surface area contributed by atoms with Crippen molar-refractivity contribution >= 4 is 17.6 Å². The molecule has 6 heteroatoms. The molecule has 0 atom stereocenters. The van der Waals surface area contributed by atoms with Gasteiger partial charge in [0.15, 0.2) is 5.75 Å². The Hall–Kier alpha value is -2.01. The molecule has 0 radical (unpaired) electrons. The van der Waals surface area contributed by atoms with E-state index < -0.39 is 5.97 Å². The fourth-order valence-electron chi connectivity index (χ4n) is 1.77. The van der Waals surface area contributed by atoms with Gasteiger partial charge >= 0.3 is 5.97 Å². The Morgan fingerprint density at radius 1 is 1.53 bits per heavy atom. The summed E-state index contributed by atoms with van der Waals surface area (Å²) in [5.41, 5.74) is 1.76. The van der Waals surface area contributed by atoms with Crippen LogP contribution in [0.5, 0.6) is 5.75 Å². The first-order chi connectivity index (χ1) is 8.99. The van der Waals surface area contributed by atoms with E-state index in [2.05, 4.69) is 5.10 Å². The zero-order chi connectivity index (χ0) is 14.0. The van der Waals surface area contributed by atoms with Crippen molar-refractivity contribution in [1.29, 1.82) is 0 Å².